The van der Waals surface area contributed by atoms with Gasteiger partial charge in [-0.15, -0.1) is 0 Å². The molecule has 0 spiro atoms. The fourth-order valence-corrected chi connectivity index (χ4v) is 5.31. The van der Waals surface area contributed by atoms with Crippen LogP contribution >= 0.6 is 0 Å². The van der Waals surface area contributed by atoms with Crippen molar-refractivity contribution in [1.82, 2.24) is 4.72 Å². The zero-order chi connectivity index (χ0) is 15.7. The van der Waals surface area contributed by atoms with Crippen LogP contribution in [-0.4, -0.2) is 40.2 Å². The largest absolute Gasteiger partial charge is 0.294 e. The molecule has 1 saturated heterocycles. The van der Waals surface area contributed by atoms with Crippen molar-refractivity contribution in [1.29, 1.82) is 0 Å². The third-order valence-corrected chi connectivity index (χ3v) is 6.63. The number of nitrogens with one attached hydrogen (secondary N) is 1. The summed E-state index contributed by atoms with van der Waals surface area (Å²) < 4.78 is 49.6. The van der Waals surface area contributed by atoms with Gasteiger partial charge in [0.25, 0.3) is 0 Å². The Morgan fingerprint density at radius 3 is 2.67 bits per heavy atom. The van der Waals surface area contributed by atoms with Gasteiger partial charge in [0, 0.05) is 18.0 Å². The minimum absolute atomic E-state index is 0.00541. The van der Waals surface area contributed by atoms with Gasteiger partial charge in [-0.1, -0.05) is 19.1 Å². The molecule has 1 aromatic carbocycles. The van der Waals surface area contributed by atoms with Crippen LogP contribution in [0.3, 0.4) is 0 Å². The predicted octanol–water partition coefficient (Wildman–Crippen LogP) is 0.745. The smallest absolute Gasteiger partial charge is 0.240 e. The Labute approximate surface area is 124 Å². The summed E-state index contributed by atoms with van der Waals surface area (Å²) in [5.74, 6) is -0.329. The molecule has 2 rings (SSSR count). The summed E-state index contributed by atoms with van der Waals surface area (Å²) in [4.78, 5) is 11.6. The second kappa shape index (κ2) is 5.86. The minimum Gasteiger partial charge on any atom is -0.294 e. The highest BCUT2D eigenvalue weighted by Gasteiger charge is 2.31. The molecule has 0 radical (unpaired) electrons. The number of benzene rings is 1. The fraction of sp³-hybridized carbons (Fsp3) is 0.462. The first-order chi connectivity index (χ1) is 9.73. The summed E-state index contributed by atoms with van der Waals surface area (Å²) in [5, 5.41) is 0. The van der Waals surface area contributed by atoms with E-state index >= 15 is 0 Å². The molecule has 1 unspecified atom stereocenters. The van der Waals surface area contributed by atoms with Crippen molar-refractivity contribution >= 4 is 25.6 Å². The minimum atomic E-state index is -3.82. The van der Waals surface area contributed by atoms with Crippen molar-refractivity contribution in [2.24, 2.45) is 0 Å². The van der Waals surface area contributed by atoms with Crippen molar-refractivity contribution < 1.29 is 21.6 Å². The third kappa shape index (κ3) is 3.90. The molecule has 21 heavy (non-hydrogen) atoms. The van der Waals surface area contributed by atoms with Crippen LogP contribution in [0, 0.1) is 0 Å². The SMILES string of the molecule is CCC(=O)c1cccc(S(=O)(=O)NC2CCS(=O)(=O)C2)c1. The summed E-state index contributed by atoms with van der Waals surface area (Å²) in [5.41, 5.74) is 0.333. The van der Waals surface area contributed by atoms with Gasteiger partial charge in [-0.25, -0.2) is 21.6 Å². The van der Waals surface area contributed by atoms with Crippen molar-refractivity contribution in [3.8, 4) is 0 Å². The Kier molecular flexibility index (Phi) is 4.50. The van der Waals surface area contributed by atoms with Crippen LogP contribution in [0.25, 0.3) is 0 Å². The van der Waals surface area contributed by atoms with Gasteiger partial charge < -0.3 is 0 Å². The Morgan fingerprint density at radius 2 is 2.10 bits per heavy atom. The Balaban J connectivity index is 2.22. The van der Waals surface area contributed by atoms with Gasteiger partial charge in [0.15, 0.2) is 15.6 Å². The van der Waals surface area contributed by atoms with E-state index in [1.807, 2.05) is 0 Å². The Bertz CT molecular complexity index is 753. The van der Waals surface area contributed by atoms with Crippen LogP contribution < -0.4 is 4.72 Å². The molecule has 6 nitrogen and oxygen atoms in total. The molecule has 1 aliphatic heterocycles. The average Bonchev–Trinajstić information content (AvgIpc) is 2.76. The molecule has 0 aromatic heterocycles. The molecule has 0 aliphatic carbocycles. The molecule has 0 amide bonds. The number of carbonyl (C=O) groups is 1. The van der Waals surface area contributed by atoms with Gasteiger partial charge in [-0.2, -0.15) is 0 Å². The van der Waals surface area contributed by atoms with E-state index in [0.29, 0.717) is 5.56 Å². The van der Waals surface area contributed by atoms with Gasteiger partial charge >= 0.3 is 0 Å². The monoisotopic (exact) mass is 331 g/mol. The van der Waals surface area contributed by atoms with Crippen LogP contribution in [0.4, 0.5) is 0 Å². The molecule has 1 aromatic rings. The Hall–Kier alpha value is -1.25. The summed E-state index contributed by atoms with van der Waals surface area (Å²) in [6, 6.07) is 5.16. The highest BCUT2D eigenvalue weighted by atomic mass is 32.2. The Morgan fingerprint density at radius 1 is 1.38 bits per heavy atom. The first-order valence-corrected chi connectivity index (χ1v) is 9.90. The standard InChI is InChI=1S/C13H17NO5S2/c1-2-13(15)10-4-3-5-12(8-10)21(18,19)14-11-6-7-20(16,17)9-11/h3-5,8,11,14H,2,6-7,9H2,1H3. The van der Waals surface area contributed by atoms with Crippen LogP contribution in [0.2, 0.25) is 0 Å². The zero-order valence-corrected chi connectivity index (χ0v) is 13.2. The first kappa shape index (κ1) is 16.1. The molecule has 116 valence electrons. The second-order valence-electron chi connectivity index (χ2n) is 5.03. The van der Waals surface area contributed by atoms with Crippen LogP contribution in [-0.2, 0) is 19.9 Å². The maximum atomic E-state index is 12.2. The molecule has 1 N–H and O–H groups in total. The first-order valence-electron chi connectivity index (χ1n) is 6.59. The number of sulfone groups is 1. The summed E-state index contributed by atoms with van der Waals surface area (Å²) in [6.45, 7) is 1.70. The third-order valence-electron chi connectivity index (χ3n) is 3.34. The molecule has 0 bridgehead atoms. The molecule has 8 heteroatoms. The highest BCUT2D eigenvalue weighted by Crippen LogP contribution is 2.17. The molecule has 0 saturated carbocycles. The van der Waals surface area contributed by atoms with Crippen molar-refractivity contribution in [3.63, 3.8) is 0 Å². The molecule has 1 heterocycles. The topological polar surface area (TPSA) is 97.4 Å². The van der Waals surface area contributed by atoms with Crippen molar-refractivity contribution in [2.75, 3.05) is 11.5 Å². The predicted molar refractivity (Wildman–Crippen MR) is 78.4 cm³/mol. The van der Waals surface area contributed by atoms with Gasteiger partial charge in [-0.3, -0.25) is 4.79 Å². The normalized spacial score (nSPS) is 21.3. The summed E-state index contributed by atoms with van der Waals surface area (Å²) >= 11 is 0. The lowest BCUT2D eigenvalue weighted by Gasteiger charge is -2.12. The van der Waals surface area contributed by atoms with E-state index < -0.39 is 25.9 Å². The van der Waals surface area contributed by atoms with E-state index in [1.54, 1.807) is 13.0 Å². The van der Waals surface area contributed by atoms with E-state index in [2.05, 4.69) is 4.72 Å². The summed E-state index contributed by atoms with van der Waals surface area (Å²) in [6.07, 6.45) is 0.562. The van der Waals surface area contributed by atoms with Crippen molar-refractivity contribution in [2.45, 2.75) is 30.7 Å². The van der Waals surface area contributed by atoms with Gasteiger partial charge in [0.1, 0.15) is 0 Å². The maximum absolute atomic E-state index is 12.2. The second-order valence-corrected chi connectivity index (χ2v) is 8.97. The lowest BCUT2D eigenvalue weighted by molar-refractivity contribution is 0.0988. The molecule has 1 atom stereocenters. The number of carbonyl (C=O) groups excluding carboxylic acids is 1. The van der Waals surface area contributed by atoms with Crippen LogP contribution in [0.1, 0.15) is 30.1 Å². The molecular formula is C13H17NO5S2. The highest BCUT2D eigenvalue weighted by molar-refractivity contribution is 7.92. The van der Waals surface area contributed by atoms with E-state index in [4.69, 9.17) is 0 Å². The number of Topliss-reactive ketones (excluding diaryl/α,β-unsaturated/α-hetero) is 1. The van der Waals surface area contributed by atoms with Crippen molar-refractivity contribution in [3.05, 3.63) is 29.8 Å². The number of hydrogen-bond donors (Lipinski definition) is 1. The van der Waals surface area contributed by atoms with Crippen LogP contribution in [0.15, 0.2) is 29.2 Å². The molecular weight excluding hydrogens is 314 g/mol. The lowest BCUT2D eigenvalue weighted by Crippen LogP contribution is -2.35. The van der Waals surface area contributed by atoms with Crippen LogP contribution in [0.5, 0.6) is 0 Å². The van der Waals surface area contributed by atoms with E-state index in [9.17, 15) is 21.6 Å². The van der Waals surface area contributed by atoms with Gasteiger partial charge in [0.05, 0.1) is 16.4 Å². The lowest BCUT2D eigenvalue weighted by atomic mass is 10.1. The molecule has 1 fully saturated rings. The van der Waals surface area contributed by atoms with E-state index in [-0.39, 0.29) is 35.0 Å². The van der Waals surface area contributed by atoms with E-state index in [1.165, 1.54) is 18.2 Å². The van der Waals surface area contributed by atoms with E-state index in [0.717, 1.165) is 0 Å². The number of rotatable bonds is 5. The molecule has 1 aliphatic rings. The maximum Gasteiger partial charge on any atom is 0.240 e. The average molecular weight is 331 g/mol. The van der Waals surface area contributed by atoms with Gasteiger partial charge in [0.2, 0.25) is 10.0 Å². The zero-order valence-electron chi connectivity index (χ0n) is 11.6. The number of hydrogen-bond acceptors (Lipinski definition) is 5. The summed E-state index contributed by atoms with van der Waals surface area (Å²) in [7, 11) is -6.98. The number of sulfonamides is 1. The fourth-order valence-electron chi connectivity index (χ4n) is 2.22. The van der Waals surface area contributed by atoms with Gasteiger partial charge in [-0.05, 0) is 18.6 Å². The quantitative estimate of drug-likeness (QED) is 0.803. The number of ketones is 1.